The maximum Gasteiger partial charge on any atom is 0.417 e. The number of carbonyl (C=O) groups excluding carboxylic acids is 1. The number of rotatable bonds is 9. The normalized spacial score (nSPS) is 11.6. The van der Waals surface area contributed by atoms with Crippen LogP contribution in [0.15, 0.2) is 65.6 Å². The third-order valence-electron chi connectivity index (χ3n) is 4.55. The average Bonchev–Trinajstić information content (AvgIpc) is 2.80. The van der Waals surface area contributed by atoms with Crippen molar-refractivity contribution in [3.05, 3.63) is 76.3 Å². The van der Waals surface area contributed by atoms with Gasteiger partial charge < -0.3 is 14.8 Å². The van der Waals surface area contributed by atoms with Crippen LogP contribution in [0.5, 0.6) is 11.5 Å². The first-order valence-electron chi connectivity index (χ1n) is 10.2. The number of anilines is 2. The average molecular weight is 563 g/mol. The monoisotopic (exact) mass is 562 g/mol. The molecule has 0 bridgehead atoms. The Kier molecular flexibility index (Phi) is 8.59. The van der Waals surface area contributed by atoms with Crippen molar-refractivity contribution in [2.45, 2.75) is 18.0 Å². The maximum atomic E-state index is 13.0. The molecular weight excluding hydrogens is 544 g/mol. The van der Waals surface area contributed by atoms with Gasteiger partial charge in [-0.1, -0.05) is 23.2 Å². The highest BCUT2D eigenvalue weighted by Crippen LogP contribution is 2.36. The lowest BCUT2D eigenvalue weighted by Crippen LogP contribution is -2.20. The van der Waals surface area contributed by atoms with Crippen molar-refractivity contribution >= 4 is 50.5 Å². The highest BCUT2D eigenvalue weighted by molar-refractivity contribution is 7.92. The van der Waals surface area contributed by atoms with Crippen LogP contribution in [0.4, 0.5) is 24.5 Å². The number of ether oxygens (including phenoxy) is 2. The summed E-state index contributed by atoms with van der Waals surface area (Å²) in [6.45, 7) is 1.70. The standard InChI is InChI=1S/C23H19Cl2F3N2O5S/c1-2-34-16-6-3-14(4-7-16)30-36(32,33)17-8-10-21(20(25)12-17)35-13-22(31)29-15-5-9-19(24)18(11-15)23(26,27)28/h3-12,30H,2,13H2,1H3,(H,29,31). The predicted octanol–water partition coefficient (Wildman–Crippen LogP) is 6.23. The zero-order chi connectivity index (χ0) is 26.5. The Hall–Kier alpha value is -3.15. The van der Waals surface area contributed by atoms with Crippen molar-refractivity contribution in [1.29, 1.82) is 0 Å². The molecule has 0 radical (unpaired) electrons. The zero-order valence-corrected chi connectivity index (χ0v) is 20.9. The van der Waals surface area contributed by atoms with E-state index < -0.39 is 39.3 Å². The van der Waals surface area contributed by atoms with Gasteiger partial charge in [-0.3, -0.25) is 9.52 Å². The Bertz CT molecular complexity index is 1350. The first-order chi connectivity index (χ1) is 16.9. The van der Waals surface area contributed by atoms with Crippen LogP contribution in [0, 0.1) is 0 Å². The molecule has 3 aromatic carbocycles. The molecule has 0 unspecified atom stereocenters. The van der Waals surface area contributed by atoms with Crippen LogP contribution in [0.3, 0.4) is 0 Å². The SMILES string of the molecule is CCOc1ccc(NS(=O)(=O)c2ccc(OCC(=O)Nc3ccc(Cl)c(C(F)(F)F)c3)c(Cl)c2)cc1. The van der Waals surface area contributed by atoms with Crippen molar-refractivity contribution in [2.24, 2.45) is 0 Å². The molecule has 13 heteroatoms. The lowest BCUT2D eigenvalue weighted by atomic mass is 10.2. The summed E-state index contributed by atoms with van der Waals surface area (Å²) in [7, 11) is -3.98. The highest BCUT2D eigenvalue weighted by atomic mass is 35.5. The van der Waals surface area contributed by atoms with Crippen LogP contribution < -0.4 is 19.5 Å². The molecular formula is C23H19Cl2F3N2O5S. The number of sulfonamides is 1. The molecule has 3 rings (SSSR count). The minimum Gasteiger partial charge on any atom is -0.494 e. The fraction of sp³-hybridized carbons (Fsp3) is 0.174. The number of amides is 1. The lowest BCUT2D eigenvalue weighted by molar-refractivity contribution is -0.137. The Balaban J connectivity index is 1.63. The second-order valence-corrected chi connectivity index (χ2v) is 9.68. The minimum absolute atomic E-state index is 0.000999. The van der Waals surface area contributed by atoms with E-state index in [1.807, 2.05) is 6.92 Å². The molecule has 7 nitrogen and oxygen atoms in total. The minimum atomic E-state index is -4.69. The van der Waals surface area contributed by atoms with Crippen LogP contribution in [0.1, 0.15) is 12.5 Å². The number of benzene rings is 3. The molecule has 0 spiro atoms. The Labute approximate surface area is 215 Å². The van der Waals surface area contributed by atoms with E-state index in [0.717, 1.165) is 12.1 Å². The summed E-state index contributed by atoms with van der Waals surface area (Å²) in [5.41, 5.74) is -0.919. The van der Waals surface area contributed by atoms with Gasteiger partial charge in [-0.15, -0.1) is 0 Å². The van der Waals surface area contributed by atoms with Gasteiger partial charge in [0.1, 0.15) is 11.5 Å². The van der Waals surface area contributed by atoms with Crippen molar-refractivity contribution < 1.29 is 35.9 Å². The third kappa shape index (κ3) is 7.19. The topological polar surface area (TPSA) is 93.7 Å². The predicted molar refractivity (Wildman–Crippen MR) is 130 cm³/mol. The largest absolute Gasteiger partial charge is 0.494 e. The van der Waals surface area contributed by atoms with E-state index in [2.05, 4.69) is 10.0 Å². The summed E-state index contributed by atoms with van der Waals surface area (Å²) in [5, 5.41) is 1.67. The van der Waals surface area contributed by atoms with E-state index in [9.17, 15) is 26.4 Å². The van der Waals surface area contributed by atoms with Gasteiger partial charge in [0, 0.05) is 11.4 Å². The van der Waals surface area contributed by atoms with Crippen molar-refractivity contribution in [1.82, 2.24) is 0 Å². The summed E-state index contributed by atoms with van der Waals surface area (Å²) in [6.07, 6.45) is -4.69. The molecule has 192 valence electrons. The molecule has 3 aromatic rings. The number of nitrogens with one attached hydrogen (secondary N) is 2. The zero-order valence-electron chi connectivity index (χ0n) is 18.5. The van der Waals surface area contributed by atoms with Crippen molar-refractivity contribution in [3.63, 3.8) is 0 Å². The fourth-order valence-corrected chi connectivity index (χ4v) is 4.54. The lowest BCUT2D eigenvalue weighted by Gasteiger charge is -2.13. The smallest absolute Gasteiger partial charge is 0.417 e. The van der Waals surface area contributed by atoms with E-state index in [-0.39, 0.29) is 21.4 Å². The number of alkyl halides is 3. The molecule has 0 aliphatic heterocycles. The first-order valence-corrected chi connectivity index (χ1v) is 12.5. The number of hydrogen-bond acceptors (Lipinski definition) is 5. The number of carbonyl (C=O) groups is 1. The Morgan fingerprint density at radius 2 is 1.58 bits per heavy atom. The summed E-state index contributed by atoms with van der Waals surface area (Å²) >= 11 is 11.7. The molecule has 0 saturated heterocycles. The van der Waals surface area contributed by atoms with Gasteiger partial charge in [0.25, 0.3) is 15.9 Å². The van der Waals surface area contributed by atoms with Gasteiger partial charge in [-0.05, 0) is 67.6 Å². The van der Waals surface area contributed by atoms with Crippen LogP contribution in [-0.4, -0.2) is 27.5 Å². The van der Waals surface area contributed by atoms with Gasteiger partial charge >= 0.3 is 6.18 Å². The van der Waals surface area contributed by atoms with Gasteiger partial charge in [0.15, 0.2) is 6.61 Å². The second kappa shape index (κ2) is 11.3. The molecule has 0 saturated carbocycles. The van der Waals surface area contributed by atoms with Crippen LogP contribution >= 0.6 is 23.2 Å². The second-order valence-electron chi connectivity index (χ2n) is 7.18. The summed E-state index contributed by atoms with van der Waals surface area (Å²) in [5.74, 6) is -0.180. The molecule has 0 atom stereocenters. The molecule has 0 aliphatic carbocycles. The molecule has 0 aliphatic rings. The van der Waals surface area contributed by atoms with Gasteiger partial charge in [0.05, 0.1) is 27.1 Å². The van der Waals surface area contributed by atoms with Crippen LogP contribution in [0.2, 0.25) is 10.0 Å². The summed E-state index contributed by atoms with van der Waals surface area (Å²) < 4.78 is 77.3. The van der Waals surface area contributed by atoms with Gasteiger partial charge in [-0.25, -0.2) is 8.42 Å². The van der Waals surface area contributed by atoms with Crippen LogP contribution in [0.25, 0.3) is 0 Å². The van der Waals surface area contributed by atoms with Gasteiger partial charge in [0.2, 0.25) is 0 Å². The highest BCUT2D eigenvalue weighted by Gasteiger charge is 2.33. The van der Waals surface area contributed by atoms with Crippen molar-refractivity contribution in [2.75, 3.05) is 23.3 Å². The van der Waals surface area contributed by atoms with E-state index in [0.29, 0.717) is 24.1 Å². The molecule has 1 amide bonds. The fourth-order valence-electron chi connectivity index (χ4n) is 2.93. The third-order valence-corrected chi connectivity index (χ3v) is 6.55. The Morgan fingerprint density at radius 1 is 0.917 bits per heavy atom. The molecule has 2 N–H and O–H groups in total. The molecule has 0 fully saturated rings. The van der Waals surface area contributed by atoms with E-state index in [1.54, 1.807) is 24.3 Å². The molecule has 0 aromatic heterocycles. The summed E-state index contributed by atoms with van der Waals surface area (Å²) in [4.78, 5) is 12.0. The number of halogens is 5. The summed E-state index contributed by atoms with van der Waals surface area (Å²) in [6, 6.07) is 12.9. The van der Waals surface area contributed by atoms with Crippen molar-refractivity contribution in [3.8, 4) is 11.5 Å². The quantitative estimate of drug-likeness (QED) is 0.322. The Morgan fingerprint density at radius 3 is 2.19 bits per heavy atom. The van der Waals surface area contributed by atoms with E-state index in [1.165, 1.54) is 18.2 Å². The number of hydrogen-bond donors (Lipinski definition) is 2. The maximum absolute atomic E-state index is 13.0. The van der Waals surface area contributed by atoms with E-state index in [4.69, 9.17) is 32.7 Å². The van der Waals surface area contributed by atoms with Crippen LogP contribution in [-0.2, 0) is 21.0 Å². The molecule has 36 heavy (non-hydrogen) atoms. The first kappa shape index (κ1) is 27.4. The van der Waals surface area contributed by atoms with Gasteiger partial charge in [-0.2, -0.15) is 13.2 Å². The molecule has 0 heterocycles. The van der Waals surface area contributed by atoms with E-state index >= 15 is 0 Å².